The molecule has 6 nitrogen and oxygen atoms in total. The molecule has 1 atom stereocenters. The summed E-state index contributed by atoms with van der Waals surface area (Å²) < 4.78 is 2.10. The number of fused-ring (bicyclic) bond motifs is 3. The van der Waals surface area contributed by atoms with Crippen LogP contribution in [0.1, 0.15) is 11.1 Å². The normalized spacial score (nSPS) is 16.9. The van der Waals surface area contributed by atoms with Crippen LogP contribution in [0.15, 0.2) is 36.4 Å². The van der Waals surface area contributed by atoms with Crippen LogP contribution in [0.5, 0.6) is 0 Å². The Bertz CT molecular complexity index is 1020. The minimum absolute atomic E-state index is 0.476. The topological polar surface area (TPSA) is 79.2 Å². The van der Waals surface area contributed by atoms with Crippen LogP contribution in [0, 0.1) is 22.7 Å². The fourth-order valence-electron chi connectivity index (χ4n) is 4.04. The van der Waals surface area contributed by atoms with Crippen molar-refractivity contribution < 1.29 is 5.11 Å². The maximum Gasteiger partial charge on any atom is 0.0991 e. The molecule has 0 bridgehead atoms. The summed E-state index contributed by atoms with van der Waals surface area (Å²) in [5, 5.41) is 31.2. The molecule has 0 saturated carbocycles. The highest BCUT2D eigenvalue weighted by Crippen LogP contribution is 2.31. The average molecular weight is 373 g/mol. The number of nitrogens with zero attached hydrogens (tertiary/aromatic N) is 5. The molecule has 1 fully saturated rings. The number of piperazine rings is 1. The van der Waals surface area contributed by atoms with Crippen LogP contribution in [-0.4, -0.2) is 65.3 Å². The van der Waals surface area contributed by atoms with Gasteiger partial charge in [0.05, 0.1) is 35.9 Å². The summed E-state index contributed by atoms with van der Waals surface area (Å²) in [6, 6.07) is 15.6. The number of nitriles is 2. The molecule has 1 aliphatic heterocycles. The predicted octanol–water partition coefficient (Wildman–Crippen LogP) is 2.15. The van der Waals surface area contributed by atoms with E-state index >= 15 is 0 Å². The molecule has 1 unspecified atom stereocenters. The zero-order chi connectivity index (χ0) is 19.7. The number of likely N-dealkylation sites (N-methyl/N-ethyl adjacent to an activating group) is 1. The van der Waals surface area contributed by atoms with Gasteiger partial charge in [0.1, 0.15) is 0 Å². The van der Waals surface area contributed by atoms with Crippen molar-refractivity contribution in [3.8, 4) is 12.1 Å². The van der Waals surface area contributed by atoms with Crippen LogP contribution in [0.4, 0.5) is 0 Å². The minimum Gasteiger partial charge on any atom is -0.390 e. The lowest BCUT2D eigenvalue weighted by Gasteiger charge is -2.33. The summed E-state index contributed by atoms with van der Waals surface area (Å²) in [6.45, 7) is 5.10. The summed E-state index contributed by atoms with van der Waals surface area (Å²) in [5.41, 5.74) is 3.13. The van der Waals surface area contributed by atoms with Gasteiger partial charge >= 0.3 is 0 Å². The van der Waals surface area contributed by atoms with E-state index in [-0.39, 0.29) is 0 Å². The first kappa shape index (κ1) is 18.5. The van der Waals surface area contributed by atoms with E-state index in [0.29, 0.717) is 24.2 Å². The van der Waals surface area contributed by atoms with Gasteiger partial charge in [0.2, 0.25) is 0 Å². The van der Waals surface area contributed by atoms with Gasteiger partial charge in [-0.2, -0.15) is 10.5 Å². The largest absolute Gasteiger partial charge is 0.390 e. The van der Waals surface area contributed by atoms with Gasteiger partial charge in [-0.3, -0.25) is 4.90 Å². The number of hydrogen-bond acceptors (Lipinski definition) is 5. The van der Waals surface area contributed by atoms with Crippen molar-refractivity contribution in [2.75, 3.05) is 39.8 Å². The highest BCUT2D eigenvalue weighted by atomic mass is 16.3. The standard InChI is InChI=1S/C22H23N5O/c1-25-6-8-26(9-7-25)14-18(28)15-27-21-4-2-16(12-23)10-19(21)20-11-17(13-24)3-5-22(20)27/h2-5,10-11,18,28H,6-9,14-15H2,1H3. The van der Waals surface area contributed by atoms with Gasteiger partial charge in [-0.05, 0) is 43.4 Å². The second-order valence-corrected chi connectivity index (χ2v) is 7.56. The molecule has 1 saturated heterocycles. The predicted molar refractivity (Wildman–Crippen MR) is 109 cm³/mol. The second-order valence-electron chi connectivity index (χ2n) is 7.56. The SMILES string of the molecule is CN1CCN(CC(O)Cn2c3ccc(C#N)cc3c3cc(C#N)ccc32)CC1. The molecule has 0 radical (unpaired) electrons. The third-order valence-electron chi connectivity index (χ3n) is 5.58. The van der Waals surface area contributed by atoms with Crippen molar-refractivity contribution in [1.29, 1.82) is 10.5 Å². The summed E-state index contributed by atoms with van der Waals surface area (Å²) in [7, 11) is 2.12. The molecule has 0 amide bonds. The van der Waals surface area contributed by atoms with E-state index in [9.17, 15) is 15.6 Å². The summed E-state index contributed by atoms with van der Waals surface area (Å²) in [6.07, 6.45) is -0.492. The number of benzene rings is 2. The molecule has 2 aromatic carbocycles. The first-order valence-electron chi connectivity index (χ1n) is 9.54. The van der Waals surface area contributed by atoms with Gasteiger partial charge in [-0.25, -0.2) is 0 Å². The van der Waals surface area contributed by atoms with Crippen molar-refractivity contribution in [2.45, 2.75) is 12.6 Å². The summed E-state index contributed by atoms with van der Waals surface area (Å²) >= 11 is 0. The van der Waals surface area contributed by atoms with E-state index < -0.39 is 6.10 Å². The highest BCUT2D eigenvalue weighted by Gasteiger charge is 2.19. The Hall–Kier alpha value is -2.90. The van der Waals surface area contributed by atoms with Gasteiger partial charge in [0, 0.05) is 54.5 Å². The van der Waals surface area contributed by atoms with Crippen molar-refractivity contribution >= 4 is 21.8 Å². The maximum atomic E-state index is 10.8. The van der Waals surface area contributed by atoms with Gasteiger partial charge in [-0.1, -0.05) is 0 Å². The number of aromatic nitrogens is 1. The average Bonchev–Trinajstić information content (AvgIpc) is 3.02. The van der Waals surface area contributed by atoms with Gasteiger partial charge in [0.25, 0.3) is 0 Å². The first-order valence-corrected chi connectivity index (χ1v) is 9.54. The third kappa shape index (κ3) is 3.46. The van der Waals surface area contributed by atoms with Gasteiger partial charge in [-0.15, -0.1) is 0 Å². The van der Waals surface area contributed by atoms with E-state index in [1.165, 1.54) is 0 Å². The van der Waals surface area contributed by atoms with E-state index in [1.807, 2.05) is 24.3 Å². The van der Waals surface area contributed by atoms with E-state index in [0.717, 1.165) is 48.0 Å². The van der Waals surface area contributed by atoms with E-state index in [4.69, 9.17) is 0 Å². The summed E-state index contributed by atoms with van der Waals surface area (Å²) in [5.74, 6) is 0. The lowest BCUT2D eigenvalue weighted by atomic mass is 10.1. The molecular formula is C22H23N5O. The van der Waals surface area contributed by atoms with Gasteiger partial charge in [0.15, 0.2) is 0 Å². The molecule has 1 aliphatic rings. The Morgan fingerprint density at radius 2 is 1.43 bits per heavy atom. The Balaban J connectivity index is 1.69. The van der Waals surface area contributed by atoms with Crippen molar-refractivity contribution in [2.24, 2.45) is 0 Å². The lowest BCUT2D eigenvalue weighted by molar-refractivity contribution is 0.0723. The lowest BCUT2D eigenvalue weighted by Crippen LogP contribution is -2.47. The molecule has 2 heterocycles. The highest BCUT2D eigenvalue weighted by molar-refractivity contribution is 6.08. The maximum absolute atomic E-state index is 10.8. The fourth-order valence-corrected chi connectivity index (χ4v) is 4.04. The van der Waals surface area contributed by atoms with Crippen LogP contribution in [0.3, 0.4) is 0 Å². The monoisotopic (exact) mass is 373 g/mol. The van der Waals surface area contributed by atoms with Crippen LogP contribution < -0.4 is 0 Å². The molecule has 142 valence electrons. The Kier molecular flexibility index (Phi) is 5.02. The Morgan fingerprint density at radius 3 is 1.93 bits per heavy atom. The Labute approximate surface area is 164 Å². The number of hydrogen-bond donors (Lipinski definition) is 1. The van der Waals surface area contributed by atoms with Crippen LogP contribution in [-0.2, 0) is 6.54 Å². The molecule has 3 aromatic rings. The second kappa shape index (κ2) is 7.61. The quantitative estimate of drug-likeness (QED) is 0.758. The molecule has 1 aromatic heterocycles. The minimum atomic E-state index is -0.492. The zero-order valence-electron chi connectivity index (χ0n) is 16.0. The van der Waals surface area contributed by atoms with Crippen molar-refractivity contribution in [3.63, 3.8) is 0 Å². The first-order chi connectivity index (χ1) is 13.6. The number of aliphatic hydroxyl groups excluding tert-OH is 1. The third-order valence-corrected chi connectivity index (χ3v) is 5.58. The summed E-state index contributed by atoms with van der Waals surface area (Å²) in [4.78, 5) is 4.61. The molecule has 0 spiro atoms. The van der Waals surface area contributed by atoms with Crippen LogP contribution in [0.25, 0.3) is 21.8 Å². The van der Waals surface area contributed by atoms with Crippen molar-refractivity contribution in [1.82, 2.24) is 14.4 Å². The van der Waals surface area contributed by atoms with Gasteiger partial charge < -0.3 is 14.6 Å². The molecular weight excluding hydrogens is 350 g/mol. The van der Waals surface area contributed by atoms with Crippen LogP contribution in [0.2, 0.25) is 0 Å². The molecule has 0 aliphatic carbocycles. The zero-order valence-corrected chi connectivity index (χ0v) is 16.0. The Morgan fingerprint density at radius 1 is 0.893 bits per heavy atom. The molecule has 28 heavy (non-hydrogen) atoms. The fraction of sp³-hybridized carbons (Fsp3) is 0.364. The van der Waals surface area contributed by atoms with Crippen molar-refractivity contribution in [3.05, 3.63) is 47.5 Å². The number of rotatable bonds is 4. The van der Waals surface area contributed by atoms with E-state index in [2.05, 4.69) is 33.6 Å². The number of aliphatic hydroxyl groups is 1. The van der Waals surface area contributed by atoms with E-state index in [1.54, 1.807) is 12.1 Å². The number of β-amino-alcohol motifs (C(OH)–C–C–N with tert-alkyl or cyclic N) is 1. The van der Waals surface area contributed by atoms with Crippen LogP contribution >= 0.6 is 0 Å². The molecule has 6 heteroatoms. The molecule has 1 N–H and O–H groups in total. The molecule has 4 rings (SSSR count). The smallest absolute Gasteiger partial charge is 0.0991 e.